The summed E-state index contributed by atoms with van der Waals surface area (Å²) in [5, 5.41) is 9.52. The second-order valence-corrected chi connectivity index (χ2v) is 7.09. The van der Waals surface area contributed by atoms with Gasteiger partial charge in [0.05, 0.1) is 12.1 Å². The Balaban J connectivity index is 2.31. The first-order chi connectivity index (χ1) is 9.57. The van der Waals surface area contributed by atoms with Crippen LogP contribution in [0.4, 0.5) is 4.79 Å². The molecular weight excluding hydrogens is 272 g/mol. The highest BCUT2D eigenvalue weighted by Gasteiger charge is 2.69. The third kappa shape index (κ3) is 2.52. The van der Waals surface area contributed by atoms with Gasteiger partial charge in [-0.25, -0.2) is 4.79 Å². The van der Waals surface area contributed by atoms with E-state index in [4.69, 9.17) is 10.5 Å². The van der Waals surface area contributed by atoms with Gasteiger partial charge in [-0.2, -0.15) is 0 Å². The maximum absolute atomic E-state index is 12.4. The number of hydrogen-bond donors (Lipinski definition) is 2. The van der Waals surface area contributed by atoms with Gasteiger partial charge in [-0.15, -0.1) is 6.58 Å². The maximum atomic E-state index is 12.4. The van der Waals surface area contributed by atoms with Crippen LogP contribution in [-0.4, -0.2) is 45.3 Å². The van der Waals surface area contributed by atoms with Crippen LogP contribution in [0.15, 0.2) is 12.7 Å². The minimum atomic E-state index is -1.44. The van der Waals surface area contributed by atoms with Gasteiger partial charge in [-0.05, 0) is 40.0 Å². The summed E-state index contributed by atoms with van der Waals surface area (Å²) in [4.78, 5) is 25.6. The molecule has 1 spiro atoms. The molecule has 0 bridgehead atoms. The summed E-state index contributed by atoms with van der Waals surface area (Å²) in [5.41, 5.74) is 3.60. The van der Waals surface area contributed by atoms with Gasteiger partial charge >= 0.3 is 12.1 Å². The third-order valence-corrected chi connectivity index (χ3v) is 4.40. The van der Waals surface area contributed by atoms with E-state index in [1.165, 1.54) is 4.90 Å². The van der Waals surface area contributed by atoms with Crippen LogP contribution < -0.4 is 5.73 Å². The fourth-order valence-electron chi connectivity index (χ4n) is 3.32. The van der Waals surface area contributed by atoms with Crippen molar-refractivity contribution in [1.82, 2.24) is 4.90 Å². The first-order valence-electron chi connectivity index (χ1n) is 7.20. The number of aliphatic carboxylic acids is 1. The fraction of sp³-hybridized carbons (Fsp3) is 0.733. The zero-order valence-corrected chi connectivity index (χ0v) is 12.9. The van der Waals surface area contributed by atoms with Gasteiger partial charge < -0.3 is 15.6 Å². The minimum absolute atomic E-state index is 0.0181. The van der Waals surface area contributed by atoms with E-state index in [1.807, 2.05) is 0 Å². The van der Waals surface area contributed by atoms with E-state index in [9.17, 15) is 14.7 Å². The summed E-state index contributed by atoms with van der Waals surface area (Å²) < 4.78 is 5.41. The molecule has 1 amide bonds. The molecule has 2 unspecified atom stereocenters. The number of amides is 1. The number of nitrogens with two attached hydrogens (primary N) is 1. The van der Waals surface area contributed by atoms with Crippen LogP contribution in [-0.2, 0) is 9.53 Å². The zero-order valence-electron chi connectivity index (χ0n) is 12.9. The molecule has 0 aromatic rings. The summed E-state index contributed by atoms with van der Waals surface area (Å²) in [6.45, 7) is 9.03. The number of carboxylic acids is 1. The zero-order chi connectivity index (χ0) is 16.1. The van der Waals surface area contributed by atoms with Gasteiger partial charge in [-0.3, -0.25) is 9.69 Å². The minimum Gasteiger partial charge on any atom is -0.480 e. The number of allylic oxidation sites excluding steroid dienone is 1. The highest BCUT2D eigenvalue weighted by atomic mass is 16.6. The first-order valence-corrected chi connectivity index (χ1v) is 7.20. The molecule has 2 rings (SSSR count). The highest BCUT2D eigenvalue weighted by molar-refractivity contribution is 5.83. The number of carbonyl (C=O) groups excluding carboxylic acids is 1. The number of ether oxygens (including phenoxy) is 1. The van der Waals surface area contributed by atoms with E-state index in [0.717, 1.165) is 12.8 Å². The second-order valence-electron chi connectivity index (χ2n) is 7.09. The molecule has 118 valence electrons. The van der Waals surface area contributed by atoms with Gasteiger partial charge in [0.15, 0.2) is 0 Å². The average molecular weight is 296 g/mol. The summed E-state index contributed by atoms with van der Waals surface area (Å²) in [7, 11) is 0. The SMILES string of the molecule is C=CCC1C(N)(C(=O)O)CN(C(=O)OC(C)(C)C)C12CC2. The monoisotopic (exact) mass is 296 g/mol. The van der Waals surface area contributed by atoms with Crippen LogP contribution in [0.5, 0.6) is 0 Å². The summed E-state index contributed by atoms with van der Waals surface area (Å²) in [6, 6.07) is 0. The Labute approximate surface area is 124 Å². The van der Waals surface area contributed by atoms with E-state index in [2.05, 4.69) is 6.58 Å². The van der Waals surface area contributed by atoms with Crippen molar-refractivity contribution in [3.63, 3.8) is 0 Å². The van der Waals surface area contributed by atoms with Gasteiger partial charge in [-0.1, -0.05) is 6.08 Å². The lowest BCUT2D eigenvalue weighted by atomic mass is 9.80. The van der Waals surface area contributed by atoms with Crippen LogP contribution in [0, 0.1) is 5.92 Å². The molecule has 3 N–H and O–H groups in total. The van der Waals surface area contributed by atoms with Crippen molar-refractivity contribution in [3.8, 4) is 0 Å². The van der Waals surface area contributed by atoms with Crippen molar-refractivity contribution in [2.45, 2.75) is 56.7 Å². The lowest BCUT2D eigenvalue weighted by Crippen LogP contribution is -2.55. The van der Waals surface area contributed by atoms with Crippen LogP contribution in [0.25, 0.3) is 0 Å². The third-order valence-electron chi connectivity index (χ3n) is 4.40. The Morgan fingerprint density at radius 2 is 2.05 bits per heavy atom. The largest absolute Gasteiger partial charge is 0.480 e. The predicted molar refractivity (Wildman–Crippen MR) is 77.8 cm³/mol. The lowest BCUT2D eigenvalue weighted by molar-refractivity contribution is -0.144. The lowest BCUT2D eigenvalue weighted by Gasteiger charge is -2.30. The molecule has 0 aromatic heterocycles. The molecule has 2 aliphatic rings. The van der Waals surface area contributed by atoms with Crippen LogP contribution >= 0.6 is 0 Å². The molecule has 1 saturated heterocycles. The summed E-state index contributed by atoms with van der Waals surface area (Å²) in [6.07, 6.45) is 3.19. The number of hydrogen-bond acceptors (Lipinski definition) is 4. The van der Waals surface area contributed by atoms with E-state index in [0.29, 0.717) is 6.42 Å². The van der Waals surface area contributed by atoms with Crippen LogP contribution in [0.2, 0.25) is 0 Å². The summed E-state index contributed by atoms with van der Waals surface area (Å²) >= 11 is 0. The molecule has 2 atom stereocenters. The van der Waals surface area contributed by atoms with Crippen molar-refractivity contribution in [3.05, 3.63) is 12.7 Å². The van der Waals surface area contributed by atoms with E-state index in [1.54, 1.807) is 26.8 Å². The Bertz CT molecular complexity index is 479. The van der Waals surface area contributed by atoms with Gasteiger partial charge in [0, 0.05) is 5.92 Å². The van der Waals surface area contributed by atoms with E-state index < -0.39 is 28.7 Å². The van der Waals surface area contributed by atoms with Gasteiger partial charge in [0.25, 0.3) is 0 Å². The van der Waals surface area contributed by atoms with E-state index in [-0.39, 0.29) is 12.5 Å². The normalized spacial score (nSPS) is 30.3. The number of rotatable bonds is 3. The number of nitrogens with zero attached hydrogens (tertiary/aromatic N) is 1. The Hall–Kier alpha value is -1.56. The number of carboxylic acid groups (broad SMARTS) is 1. The molecule has 1 aliphatic heterocycles. The van der Waals surface area contributed by atoms with Crippen molar-refractivity contribution < 1.29 is 19.4 Å². The smallest absolute Gasteiger partial charge is 0.410 e. The molecule has 1 saturated carbocycles. The average Bonchev–Trinajstić information content (AvgIpc) is 3.06. The molecule has 2 fully saturated rings. The fourth-order valence-corrected chi connectivity index (χ4v) is 3.32. The van der Waals surface area contributed by atoms with Crippen molar-refractivity contribution in [1.29, 1.82) is 0 Å². The number of carbonyl (C=O) groups is 2. The highest BCUT2D eigenvalue weighted by Crippen LogP contribution is 2.57. The Morgan fingerprint density at radius 1 is 1.48 bits per heavy atom. The molecule has 1 aliphatic carbocycles. The quantitative estimate of drug-likeness (QED) is 0.774. The number of likely N-dealkylation sites (tertiary alicyclic amines) is 1. The topological polar surface area (TPSA) is 92.9 Å². The van der Waals surface area contributed by atoms with Crippen molar-refractivity contribution in [2.75, 3.05) is 6.54 Å². The first kappa shape index (κ1) is 15.8. The Morgan fingerprint density at radius 3 is 2.43 bits per heavy atom. The van der Waals surface area contributed by atoms with Crippen LogP contribution in [0.1, 0.15) is 40.0 Å². The standard InChI is InChI=1S/C15H24N2O4/c1-5-6-10-14(7-8-14)17(9-15(10,16)11(18)19)12(20)21-13(2,3)4/h5,10H,1,6-9,16H2,2-4H3,(H,18,19). The van der Waals surface area contributed by atoms with E-state index >= 15 is 0 Å². The summed E-state index contributed by atoms with van der Waals surface area (Å²) in [5.74, 6) is -1.40. The van der Waals surface area contributed by atoms with Gasteiger partial charge in [0.1, 0.15) is 11.1 Å². The van der Waals surface area contributed by atoms with Crippen molar-refractivity contribution >= 4 is 12.1 Å². The van der Waals surface area contributed by atoms with Gasteiger partial charge in [0.2, 0.25) is 0 Å². The predicted octanol–water partition coefficient (Wildman–Crippen LogP) is 1.74. The molecule has 1 heterocycles. The molecule has 6 nitrogen and oxygen atoms in total. The molecule has 21 heavy (non-hydrogen) atoms. The maximum Gasteiger partial charge on any atom is 0.410 e. The van der Waals surface area contributed by atoms with Crippen molar-refractivity contribution in [2.24, 2.45) is 11.7 Å². The second kappa shape index (κ2) is 4.73. The van der Waals surface area contributed by atoms with Crippen LogP contribution in [0.3, 0.4) is 0 Å². The molecule has 6 heteroatoms. The molecule has 0 radical (unpaired) electrons. The Kier molecular flexibility index (Phi) is 3.56. The molecular formula is C15H24N2O4. The molecule has 0 aromatic carbocycles.